The van der Waals surface area contributed by atoms with Crippen molar-refractivity contribution in [3.63, 3.8) is 0 Å². The molecule has 1 heterocycles. The second-order valence-electron chi connectivity index (χ2n) is 7.57. The number of pyridine rings is 1. The zero-order valence-electron chi connectivity index (χ0n) is 18.2. The van der Waals surface area contributed by atoms with Crippen molar-refractivity contribution in [1.82, 2.24) is 4.98 Å². The summed E-state index contributed by atoms with van der Waals surface area (Å²) in [5.41, 5.74) is 10.6. The van der Waals surface area contributed by atoms with E-state index in [9.17, 15) is 4.79 Å². The number of hydrogen-bond acceptors (Lipinski definition) is 5. The summed E-state index contributed by atoms with van der Waals surface area (Å²) in [5, 5.41) is 0. The monoisotopic (exact) mass is 418 g/mol. The van der Waals surface area contributed by atoms with Crippen molar-refractivity contribution in [2.75, 3.05) is 18.9 Å². The van der Waals surface area contributed by atoms with Crippen LogP contribution in [0.2, 0.25) is 0 Å². The van der Waals surface area contributed by atoms with Crippen molar-refractivity contribution in [1.29, 1.82) is 0 Å². The van der Waals surface area contributed by atoms with E-state index in [1.165, 1.54) is 0 Å². The van der Waals surface area contributed by atoms with Gasteiger partial charge in [0.1, 0.15) is 0 Å². The molecule has 1 aromatic heterocycles. The molecule has 5 nitrogen and oxygen atoms in total. The molecule has 5 heteroatoms. The van der Waals surface area contributed by atoms with E-state index in [0.717, 1.165) is 41.6 Å². The largest absolute Gasteiger partial charge is 0.478 e. The fourth-order valence-electron chi connectivity index (χ4n) is 3.35. The molecule has 0 aliphatic rings. The van der Waals surface area contributed by atoms with E-state index in [0.29, 0.717) is 24.8 Å². The lowest BCUT2D eigenvalue weighted by molar-refractivity contribution is -0.147. The SMILES string of the molecule is CCOC(=O)C(C)CCCCOc1cc(-c2cccc(N)c2)cc(-c2ccccc2)n1. The van der Waals surface area contributed by atoms with E-state index < -0.39 is 0 Å². The van der Waals surface area contributed by atoms with Gasteiger partial charge >= 0.3 is 5.97 Å². The summed E-state index contributed by atoms with van der Waals surface area (Å²) in [6.07, 6.45) is 2.52. The van der Waals surface area contributed by atoms with Crippen molar-refractivity contribution in [3.05, 3.63) is 66.7 Å². The van der Waals surface area contributed by atoms with Crippen molar-refractivity contribution in [2.24, 2.45) is 5.92 Å². The maximum absolute atomic E-state index is 11.7. The van der Waals surface area contributed by atoms with Gasteiger partial charge in [-0.05, 0) is 55.5 Å². The van der Waals surface area contributed by atoms with Crippen LogP contribution in [0.25, 0.3) is 22.4 Å². The number of aromatic nitrogens is 1. The highest BCUT2D eigenvalue weighted by molar-refractivity contribution is 5.73. The van der Waals surface area contributed by atoms with Gasteiger partial charge in [-0.2, -0.15) is 0 Å². The molecule has 2 N–H and O–H groups in total. The van der Waals surface area contributed by atoms with Gasteiger partial charge < -0.3 is 15.2 Å². The normalized spacial score (nSPS) is 11.7. The topological polar surface area (TPSA) is 74.4 Å². The predicted octanol–water partition coefficient (Wildman–Crippen LogP) is 5.75. The minimum Gasteiger partial charge on any atom is -0.478 e. The molecule has 0 bridgehead atoms. The van der Waals surface area contributed by atoms with Gasteiger partial charge in [0.15, 0.2) is 0 Å². The first-order valence-corrected chi connectivity index (χ1v) is 10.8. The highest BCUT2D eigenvalue weighted by Gasteiger charge is 2.13. The molecule has 3 aromatic rings. The number of carbonyl (C=O) groups excluding carboxylic acids is 1. The number of esters is 1. The number of nitrogen functional groups attached to an aromatic ring is 1. The fraction of sp³-hybridized carbons (Fsp3) is 0.308. The minimum absolute atomic E-state index is 0.0883. The van der Waals surface area contributed by atoms with Crippen LogP contribution in [0, 0.1) is 5.92 Å². The molecule has 3 rings (SSSR count). The first-order chi connectivity index (χ1) is 15.1. The fourth-order valence-corrected chi connectivity index (χ4v) is 3.35. The van der Waals surface area contributed by atoms with Crippen molar-refractivity contribution >= 4 is 11.7 Å². The molecular weight excluding hydrogens is 388 g/mol. The van der Waals surface area contributed by atoms with E-state index in [1.807, 2.05) is 74.5 Å². The molecule has 0 aliphatic carbocycles. The zero-order chi connectivity index (χ0) is 22.1. The third-order valence-electron chi connectivity index (χ3n) is 5.06. The molecule has 0 saturated carbocycles. The molecule has 31 heavy (non-hydrogen) atoms. The van der Waals surface area contributed by atoms with Crippen LogP contribution in [-0.2, 0) is 9.53 Å². The lowest BCUT2D eigenvalue weighted by Crippen LogP contribution is -2.14. The number of ether oxygens (including phenoxy) is 2. The van der Waals surface area contributed by atoms with Crippen molar-refractivity contribution < 1.29 is 14.3 Å². The number of benzene rings is 2. The molecule has 1 unspecified atom stereocenters. The summed E-state index contributed by atoms with van der Waals surface area (Å²) in [6, 6.07) is 21.8. The minimum atomic E-state index is -0.132. The summed E-state index contributed by atoms with van der Waals surface area (Å²) >= 11 is 0. The Kier molecular flexibility index (Phi) is 8.05. The molecule has 0 aliphatic heterocycles. The second-order valence-corrected chi connectivity index (χ2v) is 7.57. The van der Waals surface area contributed by atoms with Crippen LogP contribution in [0.1, 0.15) is 33.1 Å². The Hall–Kier alpha value is -3.34. The Morgan fingerprint density at radius 1 is 0.968 bits per heavy atom. The number of rotatable bonds is 10. The quantitative estimate of drug-likeness (QED) is 0.258. The standard InChI is InChI=1S/C26H30N2O3/c1-3-30-26(29)19(2)10-7-8-15-31-25-18-22(21-13-9-14-23(27)16-21)17-24(28-25)20-11-5-4-6-12-20/h4-6,9,11-14,16-19H,3,7-8,10,15,27H2,1-2H3. The molecule has 1 atom stereocenters. The highest BCUT2D eigenvalue weighted by Crippen LogP contribution is 2.29. The molecule has 0 fully saturated rings. The lowest BCUT2D eigenvalue weighted by atomic mass is 10.0. The maximum atomic E-state index is 11.7. The van der Waals surface area contributed by atoms with Crippen LogP contribution in [-0.4, -0.2) is 24.2 Å². The van der Waals surface area contributed by atoms with Crippen LogP contribution < -0.4 is 10.5 Å². The van der Waals surface area contributed by atoms with Gasteiger partial charge in [-0.1, -0.05) is 49.4 Å². The summed E-state index contributed by atoms with van der Waals surface area (Å²) < 4.78 is 11.1. The van der Waals surface area contributed by atoms with E-state index in [2.05, 4.69) is 6.07 Å². The summed E-state index contributed by atoms with van der Waals surface area (Å²) in [6.45, 7) is 4.69. The van der Waals surface area contributed by atoms with Crippen LogP contribution >= 0.6 is 0 Å². The smallest absolute Gasteiger partial charge is 0.308 e. The van der Waals surface area contributed by atoms with Crippen LogP contribution in [0.4, 0.5) is 5.69 Å². The Morgan fingerprint density at radius 2 is 1.74 bits per heavy atom. The molecule has 0 amide bonds. The van der Waals surface area contributed by atoms with Crippen LogP contribution in [0.5, 0.6) is 5.88 Å². The number of hydrogen-bond donors (Lipinski definition) is 1. The summed E-state index contributed by atoms with van der Waals surface area (Å²) in [4.78, 5) is 16.4. The maximum Gasteiger partial charge on any atom is 0.308 e. The second kappa shape index (κ2) is 11.2. The first-order valence-electron chi connectivity index (χ1n) is 10.8. The third-order valence-corrected chi connectivity index (χ3v) is 5.06. The van der Waals surface area contributed by atoms with Crippen molar-refractivity contribution in [3.8, 4) is 28.3 Å². The number of anilines is 1. The van der Waals surface area contributed by atoms with Crippen molar-refractivity contribution in [2.45, 2.75) is 33.1 Å². The molecule has 0 radical (unpaired) electrons. The van der Waals surface area contributed by atoms with Crippen LogP contribution in [0.3, 0.4) is 0 Å². The molecular formula is C26H30N2O3. The average molecular weight is 419 g/mol. The van der Waals surface area contributed by atoms with Crippen LogP contribution in [0.15, 0.2) is 66.7 Å². The van der Waals surface area contributed by atoms with Gasteiger partial charge in [0.2, 0.25) is 5.88 Å². The Morgan fingerprint density at radius 3 is 2.48 bits per heavy atom. The van der Waals surface area contributed by atoms with E-state index in [-0.39, 0.29) is 11.9 Å². The number of unbranched alkanes of at least 4 members (excludes halogenated alkanes) is 1. The first kappa shape index (κ1) is 22.3. The van der Waals surface area contributed by atoms with Gasteiger partial charge in [0, 0.05) is 17.3 Å². The van der Waals surface area contributed by atoms with Gasteiger partial charge in [-0.25, -0.2) is 4.98 Å². The van der Waals surface area contributed by atoms with Gasteiger partial charge in [0.05, 0.1) is 24.8 Å². The van der Waals surface area contributed by atoms with E-state index >= 15 is 0 Å². The molecule has 0 saturated heterocycles. The molecule has 0 spiro atoms. The van der Waals surface area contributed by atoms with E-state index in [1.54, 1.807) is 0 Å². The molecule has 2 aromatic carbocycles. The average Bonchev–Trinajstić information content (AvgIpc) is 2.79. The van der Waals surface area contributed by atoms with Gasteiger partial charge in [0.25, 0.3) is 0 Å². The number of nitrogens with zero attached hydrogens (tertiary/aromatic N) is 1. The lowest BCUT2D eigenvalue weighted by Gasteiger charge is -2.12. The van der Waals surface area contributed by atoms with Gasteiger partial charge in [-0.3, -0.25) is 4.79 Å². The third kappa shape index (κ3) is 6.57. The van der Waals surface area contributed by atoms with Gasteiger partial charge in [-0.15, -0.1) is 0 Å². The van der Waals surface area contributed by atoms with E-state index in [4.69, 9.17) is 20.2 Å². The Bertz CT molecular complexity index is 989. The Labute approximate surface area is 184 Å². The number of nitrogens with two attached hydrogens (primary N) is 1. The highest BCUT2D eigenvalue weighted by atomic mass is 16.5. The molecule has 162 valence electrons. The summed E-state index contributed by atoms with van der Waals surface area (Å²) in [7, 11) is 0. The Balaban J connectivity index is 1.69. The summed E-state index contributed by atoms with van der Waals surface area (Å²) in [5.74, 6) is 0.360. The number of carbonyl (C=O) groups is 1. The predicted molar refractivity (Wildman–Crippen MR) is 125 cm³/mol. The zero-order valence-corrected chi connectivity index (χ0v) is 18.2.